The highest BCUT2D eigenvalue weighted by Gasteiger charge is 2.21. The van der Waals surface area contributed by atoms with Gasteiger partial charge in [0.2, 0.25) is 6.79 Å². The van der Waals surface area contributed by atoms with Crippen LogP contribution in [0.3, 0.4) is 0 Å². The van der Waals surface area contributed by atoms with Crippen molar-refractivity contribution in [3.8, 4) is 11.5 Å². The minimum atomic E-state index is -0.605. The molecule has 0 spiro atoms. The number of ketones is 1. The molecular weight excluding hydrogens is 250 g/mol. The van der Waals surface area contributed by atoms with Crippen LogP contribution < -0.4 is 14.8 Å². The molecule has 0 bridgehead atoms. The summed E-state index contributed by atoms with van der Waals surface area (Å²) in [6, 6.07) is 3.15. The first kappa shape index (κ1) is 13.2. The predicted molar refractivity (Wildman–Crippen MR) is 67.8 cm³/mol. The summed E-state index contributed by atoms with van der Waals surface area (Å²) in [6.45, 7) is 3.82. The van der Waals surface area contributed by atoms with Crippen molar-refractivity contribution in [2.75, 3.05) is 18.7 Å². The number of anilines is 1. The maximum atomic E-state index is 11.9. The van der Waals surface area contributed by atoms with E-state index in [0.29, 0.717) is 29.2 Å². The molecule has 1 aliphatic rings. The quantitative estimate of drug-likeness (QED) is 0.847. The maximum Gasteiger partial charge on any atom is 0.411 e. The van der Waals surface area contributed by atoms with Gasteiger partial charge in [0.1, 0.15) is 0 Å². The number of hydrogen-bond acceptors (Lipinski definition) is 5. The Morgan fingerprint density at radius 3 is 2.58 bits per heavy atom. The average Bonchev–Trinajstić information content (AvgIpc) is 2.84. The van der Waals surface area contributed by atoms with Gasteiger partial charge in [-0.25, -0.2) is 4.79 Å². The van der Waals surface area contributed by atoms with Gasteiger partial charge in [-0.3, -0.25) is 10.1 Å². The molecule has 0 aliphatic carbocycles. The van der Waals surface area contributed by atoms with Crippen LogP contribution in [0.4, 0.5) is 10.5 Å². The highest BCUT2D eigenvalue weighted by Crippen LogP contribution is 2.37. The van der Waals surface area contributed by atoms with Crippen LogP contribution in [0.5, 0.6) is 11.5 Å². The Morgan fingerprint density at radius 1 is 1.26 bits per heavy atom. The van der Waals surface area contributed by atoms with Crippen molar-refractivity contribution in [1.82, 2.24) is 0 Å². The number of nitrogens with one attached hydrogen (secondary N) is 1. The molecule has 0 radical (unpaired) electrons. The number of fused-ring (bicyclic) bond motifs is 1. The number of Topliss-reactive ketones (excluding diaryl/α,β-unsaturated/α-hetero) is 1. The van der Waals surface area contributed by atoms with Crippen molar-refractivity contribution >= 4 is 17.6 Å². The first-order valence-corrected chi connectivity index (χ1v) is 6.06. The molecule has 6 heteroatoms. The fourth-order valence-electron chi connectivity index (χ4n) is 1.74. The summed E-state index contributed by atoms with van der Waals surface area (Å²) < 4.78 is 15.2. The van der Waals surface area contributed by atoms with Crippen molar-refractivity contribution in [1.29, 1.82) is 0 Å². The van der Waals surface area contributed by atoms with E-state index >= 15 is 0 Å². The van der Waals surface area contributed by atoms with E-state index < -0.39 is 6.09 Å². The lowest BCUT2D eigenvalue weighted by molar-refractivity contribution is 0.0988. The second-order valence-corrected chi connectivity index (χ2v) is 3.87. The number of carbonyl (C=O) groups excluding carboxylic acids is 2. The zero-order chi connectivity index (χ0) is 13.8. The fraction of sp³-hybridized carbons (Fsp3) is 0.385. The van der Waals surface area contributed by atoms with E-state index in [2.05, 4.69) is 5.32 Å². The van der Waals surface area contributed by atoms with Gasteiger partial charge in [0.25, 0.3) is 0 Å². The van der Waals surface area contributed by atoms with Gasteiger partial charge < -0.3 is 14.2 Å². The van der Waals surface area contributed by atoms with E-state index in [0.717, 1.165) is 0 Å². The highest BCUT2D eigenvalue weighted by molar-refractivity contribution is 6.04. The lowest BCUT2D eigenvalue weighted by Crippen LogP contribution is -2.15. The molecular formula is C13H15NO5. The molecule has 1 aromatic carbocycles. The van der Waals surface area contributed by atoms with Gasteiger partial charge in [0.15, 0.2) is 17.3 Å². The molecule has 0 saturated carbocycles. The number of carbonyl (C=O) groups is 2. The molecule has 19 heavy (non-hydrogen) atoms. The molecule has 1 N–H and O–H groups in total. The van der Waals surface area contributed by atoms with Crippen LogP contribution in [0.1, 0.15) is 30.6 Å². The monoisotopic (exact) mass is 265 g/mol. The predicted octanol–water partition coefficient (Wildman–Crippen LogP) is 2.58. The van der Waals surface area contributed by atoms with Gasteiger partial charge in [-0.15, -0.1) is 0 Å². The number of benzene rings is 1. The zero-order valence-corrected chi connectivity index (χ0v) is 10.8. The topological polar surface area (TPSA) is 73.9 Å². The van der Waals surface area contributed by atoms with Crippen molar-refractivity contribution in [3.05, 3.63) is 17.7 Å². The van der Waals surface area contributed by atoms with Gasteiger partial charge in [-0.2, -0.15) is 0 Å². The van der Waals surface area contributed by atoms with E-state index in [1.165, 1.54) is 0 Å². The zero-order valence-electron chi connectivity index (χ0n) is 10.8. The summed E-state index contributed by atoms with van der Waals surface area (Å²) in [5, 5.41) is 2.54. The molecule has 0 unspecified atom stereocenters. The first-order chi connectivity index (χ1) is 9.15. The lowest BCUT2D eigenvalue weighted by Gasteiger charge is -2.11. The van der Waals surface area contributed by atoms with Gasteiger partial charge in [0.05, 0.1) is 12.3 Å². The summed E-state index contributed by atoms with van der Waals surface area (Å²) >= 11 is 0. The van der Waals surface area contributed by atoms with Crippen molar-refractivity contribution in [3.63, 3.8) is 0 Å². The summed E-state index contributed by atoms with van der Waals surface area (Å²) in [5.74, 6) is 0.913. The van der Waals surface area contributed by atoms with Gasteiger partial charge in [-0.1, -0.05) is 6.92 Å². The standard InChI is InChI=1S/C13H15NO5/c1-3-10(15)8-5-11-12(19-7-18-11)6-9(8)14-13(16)17-4-2/h5-6H,3-4,7H2,1-2H3,(H,14,16). The molecule has 0 fully saturated rings. The minimum Gasteiger partial charge on any atom is -0.454 e. The van der Waals surface area contributed by atoms with Gasteiger partial charge >= 0.3 is 6.09 Å². The molecule has 1 aromatic rings. The van der Waals surface area contributed by atoms with Crippen molar-refractivity contribution < 1.29 is 23.8 Å². The third kappa shape index (κ3) is 2.78. The fourth-order valence-corrected chi connectivity index (χ4v) is 1.74. The maximum absolute atomic E-state index is 11.9. The highest BCUT2D eigenvalue weighted by atomic mass is 16.7. The number of ether oxygens (including phenoxy) is 3. The van der Waals surface area contributed by atoms with E-state index in [4.69, 9.17) is 14.2 Å². The Bertz CT molecular complexity index is 512. The van der Waals surface area contributed by atoms with E-state index in [-0.39, 0.29) is 19.2 Å². The number of rotatable bonds is 4. The Morgan fingerprint density at radius 2 is 1.95 bits per heavy atom. The summed E-state index contributed by atoms with van der Waals surface area (Å²) in [4.78, 5) is 23.3. The summed E-state index contributed by atoms with van der Waals surface area (Å²) in [5.41, 5.74) is 0.759. The van der Waals surface area contributed by atoms with Crippen LogP contribution in [0, 0.1) is 0 Å². The Kier molecular flexibility index (Phi) is 3.89. The van der Waals surface area contributed by atoms with Crippen molar-refractivity contribution in [2.24, 2.45) is 0 Å². The average molecular weight is 265 g/mol. The van der Waals surface area contributed by atoms with Gasteiger partial charge in [-0.05, 0) is 13.0 Å². The van der Waals surface area contributed by atoms with E-state index in [9.17, 15) is 9.59 Å². The third-order valence-corrected chi connectivity index (χ3v) is 2.65. The molecule has 0 aromatic heterocycles. The van der Waals surface area contributed by atoms with Crippen LogP contribution in [0.25, 0.3) is 0 Å². The molecule has 6 nitrogen and oxygen atoms in total. The Labute approximate surface area is 110 Å². The first-order valence-electron chi connectivity index (χ1n) is 6.06. The number of amides is 1. The molecule has 1 aliphatic heterocycles. The van der Waals surface area contributed by atoms with Crippen LogP contribution in [0.15, 0.2) is 12.1 Å². The Balaban J connectivity index is 2.34. The number of hydrogen-bond donors (Lipinski definition) is 1. The van der Waals surface area contributed by atoms with Crippen LogP contribution in [0.2, 0.25) is 0 Å². The van der Waals surface area contributed by atoms with Crippen LogP contribution >= 0.6 is 0 Å². The summed E-state index contributed by atoms with van der Waals surface area (Å²) in [7, 11) is 0. The molecule has 0 saturated heterocycles. The second-order valence-electron chi connectivity index (χ2n) is 3.87. The van der Waals surface area contributed by atoms with E-state index in [1.54, 1.807) is 26.0 Å². The molecule has 0 atom stereocenters. The second kappa shape index (κ2) is 5.60. The molecule has 102 valence electrons. The van der Waals surface area contributed by atoms with Crippen LogP contribution in [-0.4, -0.2) is 25.3 Å². The Hall–Kier alpha value is -2.24. The van der Waals surface area contributed by atoms with Crippen LogP contribution in [-0.2, 0) is 4.74 Å². The lowest BCUT2D eigenvalue weighted by atomic mass is 10.1. The minimum absolute atomic E-state index is 0.0925. The smallest absolute Gasteiger partial charge is 0.411 e. The normalized spacial score (nSPS) is 12.1. The van der Waals surface area contributed by atoms with Gasteiger partial charge in [0, 0.05) is 18.1 Å². The van der Waals surface area contributed by atoms with Crippen molar-refractivity contribution in [2.45, 2.75) is 20.3 Å². The van der Waals surface area contributed by atoms with E-state index in [1.807, 2.05) is 0 Å². The molecule has 2 rings (SSSR count). The SMILES string of the molecule is CCOC(=O)Nc1cc2c(cc1C(=O)CC)OCO2. The summed E-state index contributed by atoms with van der Waals surface area (Å²) in [6.07, 6.45) is -0.275. The third-order valence-electron chi connectivity index (χ3n) is 2.65. The largest absolute Gasteiger partial charge is 0.454 e. The molecule has 1 amide bonds. The molecule has 1 heterocycles.